The summed E-state index contributed by atoms with van der Waals surface area (Å²) >= 11 is 6.09. The van der Waals surface area contributed by atoms with Crippen molar-refractivity contribution in [3.05, 3.63) is 29.3 Å². The monoisotopic (exact) mass is 359 g/mol. The first-order valence-corrected chi connectivity index (χ1v) is 9.78. The molecule has 1 aliphatic rings. The molecule has 128 valence electrons. The van der Waals surface area contributed by atoms with E-state index in [1.807, 2.05) is 0 Å². The zero-order chi connectivity index (χ0) is 17.0. The SMILES string of the molecule is CCN1CCN(C(=O)CN(c2ccccc2Cl)S(C)(=O)=O)CC1. The average Bonchev–Trinajstić information content (AvgIpc) is 2.52. The predicted molar refractivity (Wildman–Crippen MR) is 92.3 cm³/mol. The van der Waals surface area contributed by atoms with Gasteiger partial charge in [0.25, 0.3) is 0 Å². The van der Waals surface area contributed by atoms with Crippen LogP contribution in [0.25, 0.3) is 0 Å². The molecule has 0 unspecified atom stereocenters. The quantitative estimate of drug-likeness (QED) is 0.794. The maximum Gasteiger partial charge on any atom is 0.243 e. The van der Waals surface area contributed by atoms with Crippen molar-refractivity contribution in [1.29, 1.82) is 0 Å². The molecule has 2 rings (SSSR count). The van der Waals surface area contributed by atoms with E-state index in [0.29, 0.717) is 23.8 Å². The van der Waals surface area contributed by atoms with Crippen LogP contribution in [0.3, 0.4) is 0 Å². The van der Waals surface area contributed by atoms with Crippen LogP contribution >= 0.6 is 11.6 Å². The number of benzene rings is 1. The van der Waals surface area contributed by atoms with Gasteiger partial charge in [-0.3, -0.25) is 9.10 Å². The predicted octanol–water partition coefficient (Wildman–Crippen LogP) is 1.27. The van der Waals surface area contributed by atoms with Crippen molar-refractivity contribution in [3.63, 3.8) is 0 Å². The first-order chi connectivity index (χ1) is 10.8. The maximum absolute atomic E-state index is 12.5. The number of likely N-dealkylation sites (N-methyl/N-ethyl adjacent to an activating group) is 1. The van der Waals surface area contributed by atoms with E-state index in [-0.39, 0.29) is 12.5 Å². The molecule has 1 aromatic rings. The van der Waals surface area contributed by atoms with Crippen LogP contribution in [-0.4, -0.2) is 69.6 Å². The van der Waals surface area contributed by atoms with Gasteiger partial charge in [-0.05, 0) is 18.7 Å². The van der Waals surface area contributed by atoms with Crippen LogP contribution < -0.4 is 4.31 Å². The van der Waals surface area contributed by atoms with Crippen molar-refractivity contribution >= 4 is 33.2 Å². The van der Waals surface area contributed by atoms with Crippen LogP contribution in [0, 0.1) is 0 Å². The van der Waals surface area contributed by atoms with Crippen molar-refractivity contribution in [1.82, 2.24) is 9.80 Å². The van der Waals surface area contributed by atoms with Crippen LogP contribution in [0.15, 0.2) is 24.3 Å². The van der Waals surface area contributed by atoms with E-state index in [0.717, 1.165) is 30.2 Å². The lowest BCUT2D eigenvalue weighted by atomic mass is 10.3. The number of para-hydroxylation sites is 1. The fraction of sp³-hybridized carbons (Fsp3) is 0.533. The largest absolute Gasteiger partial charge is 0.339 e. The third kappa shape index (κ3) is 4.59. The minimum absolute atomic E-state index is 0.203. The van der Waals surface area contributed by atoms with Crippen LogP contribution in [0.2, 0.25) is 5.02 Å². The molecular formula is C15H22ClN3O3S. The second kappa shape index (κ2) is 7.51. The molecule has 0 aliphatic carbocycles. The third-order valence-corrected chi connectivity index (χ3v) is 5.42. The highest BCUT2D eigenvalue weighted by Crippen LogP contribution is 2.27. The number of carbonyl (C=O) groups excluding carboxylic acids is 1. The minimum atomic E-state index is -3.60. The Labute approximate surface area is 142 Å². The average molecular weight is 360 g/mol. The molecule has 1 fully saturated rings. The molecule has 0 N–H and O–H groups in total. The third-order valence-electron chi connectivity index (χ3n) is 3.97. The number of nitrogens with zero attached hydrogens (tertiary/aromatic N) is 3. The Kier molecular flexibility index (Phi) is 5.89. The highest BCUT2D eigenvalue weighted by molar-refractivity contribution is 7.92. The number of carbonyl (C=O) groups is 1. The van der Waals surface area contributed by atoms with E-state index < -0.39 is 10.0 Å². The van der Waals surface area contributed by atoms with Gasteiger partial charge in [-0.1, -0.05) is 30.7 Å². The van der Waals surface area contributed by atoms with Gasteiger partial charge in [0.15, 0.2) is 0 Å². The Balaban J connectivity index is 2.13. The van der Waals surface area contributed by atoms with Gasteiger partial charge in [0.2, 0.25) is 15.9 Å². The summed E-state index contributed by atoms with van der Waals surface area (Å²) in [5.74, 6) is -0.203. The summed E-state index contributed by atoms with van der Waals surface area (Å²) in [5, 5.41) is 0.307. The molecule has 0 aromatic heterocycles. The fourth-order valence-corrected chi connectivity index (χ4v) is 3.72. The molecule has 1 aromatic carbocycles. The number of amides is 1. The van der Waals surface area contributed by atoms with E-state index in [9.17, 15) is 13.2 Å². The minimum Gasteiger partial charge on any atom is -0.339 e. The second-order valence-electron chi connectivity index (χ2n) is 5.54. The number of piperazine rings is 1. The molecule has 1 heterocycles. The molecule has 0 bridgehead atoms. The Hall–Kier alpha value is -1.31. The summed E-state index contributed by atoms with van der Waals surface area (Å²) in [5.41, 5.74) is 0.331. The van der Waals surface area contributed by atoms with Crippen LogP contribution in [0.4, 0.5) is 5.69 Å². The number of anilines is 1. The summed E-state index contributed by atoms with van der Waals surface area (Å²) in [4.78, 5) is 16.5. The fourth-order valence-electron chi connectivity index (χ4n) is 2.57. The smallest absolute Gasteiger partial charge is 0.243 e. The van der Waals surface area contributed by atoms with Crippen molar-refractivity contribution in [2.45, 2.75) is 6.92 Å². The summed E-state index contributed by atoms with van der Waals surface area (Å²) in [6.45, 7) is 5.67. The Bertz CT molecular complexity index is 658. The van der Waals surface area contributed by atoms with Gasteiger partial charge in [0, 0.05) is 26.2 Å². The molecule has 1 saturated heterocycles. The molecule has 8 heteroatoms. The second-order valence-corrected chi connectivity index (χ2v) is 7.85. The summed E-state index contributed by atoms with van der Waals surface area (Å²) in [7, 11) is -3.60. The van der Waals surface area contributed by atoms with Crippen LogP contribution in [0.5, 0.6) is 0 Å². The standard InChI is InChI=1S/C15H22ClN3O3S/c1-3-17-8-10-18(11-9-17)15(20)12-19(23(2,21)22)14-7-5-4-6-13(14)16/h4-7H,3,8-12H2,1-2H3. The Morgan fingerprint density at radius 2 is 1.83 bits per heavy atom. The Morgan fingerprint density at radius 3 is 2.35 bits per heavy atom. The normalized spacial score (nSPS) is 16.4. The first kappa shape index (κ1) is 18.0. The van der Waals surface area contributed by atoms with Crippen LogP contribution in [-0.2, 0) is 14.8 Å². The number of hydrogen-bond donors (Lipinski definition) is 0. The summed E-state index contributed by atoms with van der Waals surface area (Å²) in [6.07, 6.45) is 1.08. The van der Waals surface area contributed by atoms with E-state index in [1.165, 1.54) is 0 Å². The molecule has 0 radical (unpaired) electrons. The van der Waals surface area contributed by atoms with Crippen molar-refractivity contribution in [3.8, 4) is 0 Å². The topological polar surface area (TPSA) is 60.9 Å². The molecule has 1 amide bonds. The highest BCUT2D eigenvalue weighted by atomic mass is 35.5. The lowest BCUT2D eigenvalue weighted by molar-refractivity contribution is -0.131. The van der Waals surface area contributed by atoms with Crippen molar-refractivity contribution < 1.29 is 13.2 Å². The zero-order valence-electron chi connectivity index (χ0n) is 13.4. The number of rotatable bonds is 5. The van der Waals surface area contributed by atoms with Gasteiger partial charge in [-0.25, -0.2) is 8.42 Å². The van der Waals surface area contributed by atoms with Gasteiger partial charge in [0.1, 0.15) is 6.54 Å². The lowest BCUT2D eigenvalue weighted by Crippen LogP contribution is -2.51. The number of hydrogen-bond acceptors (Lipinski definition) is 4. The molecule has 1 aliphatic heterocycles. The van der Waals surface area contributed by atoms with Gasteiger partial charge in [0.05, 0.1) is 17.0 Å². The molecule has 6 nitrogen and oxygen atoms in total. The number of halogens is 1. The van der Waals surface area contributed by atoms with Crippen molar-refractivity contribution in [2.24, 2.45) is 0 Å². The van der Waals surface area contributed by atoms with Gasteiger partial charge >= 0.3 is 0 Å². The Morgan fingerprint density at radius 1 is 1.22 bits per heavy atom. The zero-order valence-corrected chi connectivity index (χ0v) is 15.0. The van der Waals surface area contributed by atoms with Crippen LogP contribution in [0.1, 0.15) is 6.92 Å². The molecule has 23 heavy (non-hydrogen) atoms. The number of sulfonamides is 1. The summed E-state index contributed by atoms with van der Waals surface area (Å²) in [6, 6.07) is 6.63. The summed E-state index contributed by atoms with van der Waals surface area (Å²) < 4.78 is 25.3. The lowest BCUT2D eigenvalue weighted by Gasteiger charge is -2.35. The van der Waals surface area contributed by atoms with Crippen molar-refractivity contribution in [2.75, 3.05) is 49.8 Å². The maximum atomic E-state index is 12.5. The van der Waals surface area contributed by atoms with Gasteiger partial charge in [-0.2, -0.15) is 0 Å². The molecule has 0 saturated carbocycles. The first-order valence-electron chi connectivity index (χ1n) is 7.55. The van der Waals surface area contributed by atoms with E-state index in [1.54, 1.807) is 29.2 Å². The van der Waals surface area contributed by atoms with Gasteiger partial charge in [-0.15, -0.1) is 0 Å². The highest BCUT2D eigenvalue weighted by Gasteiger charge is 2.27. The molecule has 0 spiro atoms. The molecule has 0 atom stereocenters. The van der Waals surface area contributed by atoms with E-state index in [2.05, 4.69) is 11.8 Å². The molecular weight excluding hydrogens is 338 g/mol. The van der Waals surface area contributed by atoms with E-state index >= 15 is 0 Å². The van der Waals surface area contributed by atoms with E-state index in [4.69, 9.17) is 11.6 Å². The van der Waals surface area contributed by atoms with Gasteiger partial charge < -0.3 is 9.80 Å².